The summed E-state index contributed by atoms with van der Waals surface area (Å²) in [6, 6.07) is 5.32. The van der Waals surface area contributed by atoms with Crippen molar-refractivity contribution in [3.05, 3.63) is 55.7 Å². The number of hydrogen-bond donors (Lipinski definition) is 2. The highest BCUT2D eigenvalue weighted by atomic mass is 16.5. The van der Waals surface area contributed by atoms with Crippen LogP contribution < -0.4 is 27.6 Å². The van der Waals surface area contributed by atoms with Crippen molar-refractivity contribution in [1.82, 2.24) is 23.7 Å². The molecule has 11 heteroatoms. The van der Waals surface area contributed by atoms with Gasteiger partial charge in [0.05, 0.1) is 6.54 Å². The molecule has 0 bridgehead atoms. The Hall–Kier alpha value is -3.34. The largest absolute Gasteiger partial charge is 0.385 e. The number of fused-ring (bicyclic) bond motifs is 1. The van der Waals surface area contributed by atoms with Crippen LogP contribution in [0.1, 0.15) is 20.3 Å². The van der Waals surface area contributed by atoms with Crippen molar-refractivity contribution in [3.8, 4) is 0 Å². The zero-order valence-corrected chi connectivity index (χ0v) is 18.1. The number of nitrogen functional groups attached to an aromatic ring is 1. The normalized spacial score (nSPS) is 11.5. The highest BCUT2D eigenvalue weighted by Gasteiger charge is 2.20. The summed E-state index contributed by atoms with van der Waals surface area (Å²) in [5.41, 5.74) is 5.69. The second-order valence-corrected chi connectivity index (χ2v) is 7.77. The highest BCUT2D eigenvalue weighted by molar-refractivity contribution is 5.62. The van der Waals surface area contributed by atoms with E-state index in [0.717, 1.165) is 0 Å². The van der Waals surface area contributed by atoms with Gasteiger partial charge in [0.25, 0.3) is 5.56 Å². The van der Waals surface area contributed by atoms with Gasteiger partial charge in [-0.25, -0.2) is 14.3 Å². The number of hydrogen-bond acceptors (Lipinski definition) is 7. The number of aromatic nitrogens is 5. The van der Waals surface area contributed by atoms with E-state index in [1.807, 2.05) is 13.8 Å². The van der Waals surface area contributed by atoms with E-state index >= 15 is 0 Å². The number of pyridine rings is 1. The smallest absolute Gasteiger partial charge is 0.350 e. The van der Waals surface area contributed by atoms with Crippen LogP contribution >= 0.6 is 0 Å². The first-order chi connectivity index (χ1) is 14.8. The summed E-state index contributed by atoms with van der Waals surface area (Å²) in [7, 11) is 1.60. The molecule has 31 heavy (non-hydrogen) atoms. The topological polar surface area (TPSA) is 133 Å². The summed E-state index contributed by atoms with van der Waals surface area (Å²) in [6.45, 7) is 5.81. The van der Waals surface area contributed by atoms with Gasteiger partial charge in [0.1, 0.15) is 11.5 Å². The predicted molar refractivity (Wildman–Crippen MR) is 119 cm³/mol. The van der Waals surface area contributed by atoms with E-state index < -0.39 is 11.2 Å². The molecule has 0 aromatic carbocycles. The molecular weight excluding hydrogens is 402 g/mol. The fraction of sp³-hybridized carbons (Fsp3) is 0.500. The zero-order chi connectivity index (χ0) is 22.5. The van der Waals surface area contributed by atoms with Gasteiger partial charge in [0.2, 0.25) is 0 Å². The van der Waals surface area contributed by atoms with Gasteiger partial charge >= 0.3 is 11.4 Å². The average Bonchev–Trinajstić information content (AvgIpc) is 3.04. The maximum atomic E-state index is 12.7. The molecule has 0 unspecified atom stereocenters. The first kappa shape index (κ1) is 22.3. The predicted octanol–water partition coefficient (Wildman–Crippen LogP) is 0.127. The molecule has 0 aliphatic rings. The summed E-state index contributed by atoms with van der Waals surface area (Å²) in [5.74, 6) is 0.277. The van der Waals surface area contributed by atoms with Crippen molar-refractivity contribution < 1.29 is 4.74 Å². The minimum atomic E-state index is -0.553. The van der Waals surface area contributed by atoms with Crippen LogP contribution in [-0.4, -0.2) is 50.5 Å². The summed E-state index contributed by atoms with van der Waals surface area (Å²) < 4.78 is 9.32. The Labute approximate surface area is 178 Å². The first-order valence-electron chi connectivity index (χ1n) is 10.2. The summed E-state index contributed by atoms with van der Waals surface area (Å²) in [5, 5.41) is 4.33. The molecule has 3 aromatic rings. The molecule has 11 nitrogen and oxygen atoms in total. The molecule has 3 N–H and O–H groups in total. The third-order valence-electron chi connectivity index (χ3n) is 4.92. The van der Waals surface area contributed by atoms with Gasteiger partial charge in [-0.2, -0.15) is 0 Å². The zero-order valence-electron chi connectivity index (χ0n) is 18.1. The summed E-state index contributed by atoms with van der Waals surface area (Å²) >= 11 is 0. The van der Waals surface area contributed by atoms with E-state index in [-0.39, 0.29) is 29.7 Å². The van der Waals surface area contributed by atoms with E-state index in [0.29, 0.717) is 38.3 Å². The lowest BCUT2D eigenvalue weighted by Crippen LogP contribution is -2.41. The summed E-state index contributed by atoms with van der Waals surface area (Å²) in [6.07, 6.45) is 2.29. The average molecular weight is 431 g/mol. The number of methoxy groups -OCH3 is 1. The molecule has 3 rings (SSSR count). The molecule has 0 saturated carbocycles. The SMILES string of the molecule is COCCCN(CCn1nc2ccccn2c1=O)c1c(N)n(CC(C)C)c(=O)[nH]c1=O. The molecule has 0 atom stereocenters. The number of rotatable bonds is 10. The van der Waals surface area contributed by atoms with Crippen molar-refractivity contribution in [2.75, 3.05) is 37.4 Å². The van der Waals surface area contributed by atoms with Crippen LogP contribution in [0.5, 0.6) is 0 Å². The Morgan fingerprint density at radius 1 is 1.23 bits per heavy atom. The number of anilines is 2. The lowest BCUT2D eigenvalue weighted by molar-refractivity contribution is 0.196. The minimum Gasteiger partial charge on any atom is -0.385 e. The van der Waals surface area contributed by atoms with Crippen LogP contribution in [0.15, 0.2) is 38.8 Å². The van der Waals surface area contributed by atoms with Gasteiger partial charge in [-0.05, 0) is 24.5 Å². The Balaban J connectivity index is 1.95. The van der Waals surface area contributed by atoms with Crippen molar-refractivity contribution >= 4 is 17.2 Å². The highest BCUT2D eigenvalue weighted by Crippen LogP contribution is 2.18. The van der Waals surface area contributed by atoms with Crippen LogP contribution in [0.25, 0.3) is 5.65 Å². The number of nitrogens with zero attached hydrogens (tertiary/aromatic N) is 5. The standard InChI is InChI=1S/C20H29N7O4/c1-14(2)13-26-17(21)16(18(28)22-19(26)29)24(8-6-12-31-3)10-11-27-20(30)25-9-5-4-7-15(25)23-27/h4-5,7,9,14H,6,8,10-13,21H2,1-3H3,(H,22,28,29). The minimum absolute atomic E-state index is 0.113. The molecule has 0 spiro atoms. The van der Waals surface area contributed by atoms with Crippen LogP contribution in [0.4, 0.5) is 11.5 Å². The number of nitrogens with two attached hydrogens (primary N) is 1. The van der Waals surface area contributed by atoms with Crippen LogP contribution in [-0.2, 0) is 17.8 Å². The fourth-order valence-corrected chi connectivity index (χ4v) is 3.49. The van der Waals surface area contributed by atoms with Crippen molar-refractivity contribution in [2.45, 2.75) is 33.4 Å². The molecule has 0 aliphatic heterocycles. The summed E-state index contributed by atoms with van der Waals surface area (Å²) in [4.78, 5) is 41.7. The number of ether oxygens (including phenoxy) is 1. The quantitative estimate of drug-likeness (QED) is 0.436. The van der Waals surface area contributed by atoms with Gasteiger partial charge in [0.15, 0.2) is 5.65 Å². The monoisotopic (exact) mass is 431 g/mol. The van der Waals surface area contributed by atoms with E-state index in [1.54, 1.807) is 36.4 Å². The second kappa shape index (κ2) is 9.65. The third-order valence-corrected chi connectivity index (χ3v) is 4.92. The molecule has 3 aromatic heterocycles. The van der Waals surface area contributed by atoms with Crippen LogP contribution in [0, 0.1) is 5.92 Å². The Morgan fingerprint density at radius 3 is 2.68 bits per heavy atom. The first-order valence-corrected chi connectivity index (χ1v) is 10.2. The van der Waals surface area contributed by atoms with Crippen LogP contribution in [0.3, 0.4) is 0 Å². The second-order valence-electron chi connectivity index (χ2n) is 7.77. The van der Waals surface area contributed by atoms with E-state index in [4.69, 9.17) is 10.5 Å². The molecule has 168 valence electrons. The maximum Gasteiger partial charge on any atom is 0.350 e. The van der Waals surface area contributed by atoms with Gasteiger partial charge in [0, 0.05) is 39.5 Å². The van der Waals surface area contributed by atoms with Gasteiger partial charge in [-0.15, -0.1) is 5.10 Å². The molecular formula is C20H29N7O4. The Morgan fingerprint density at radius 2 is 2.00 bits per heavy atom. The van der Waals surface area contributed by atoms with Crippen molar-refractivity contribution in [3.63, 3.8) is 0 Å². The molecule has 0 saturated heterocycles. The Kier molecular flexibility index (Phi) is 6.95. The molecule has 0 fully saturated rings. The van der Waals surface area contributed by atoms with Gasteiger partial charge < -0.3 is 15.4 Å². The van der Waals surface area contributed by atoms with E-state index in [1.165, 1.54) is 13.6 Å². The fourth-order valence-electron chi connectivity index (χ4n) is 3.49. The lowest BCUT2D eigenvalue weighted by Gasteiger charge is -2.26. The van der Waals surface area contributed by atoms with E-state index in [2.05, 4.69) is 10.1 Å². The molecule has 0 radical (unpaired) electrons. The van der Waals surface area contributed by atoms with Crippen LogP contribution in [0.2, 0.25) is 0 Å². The Bertz CT molecular complexity index is 1200. The maximum absolute atomic E-state index is 12.7. The number of H-pyrrole nitrogens is 1. The lowest BCUT2D eigenvalue weighted by atomic mass is 10.2. The molecule has 0 aliphatic carbocycles. The van der Waals surface area contributed by atoms with Crippen molar-refractivity contribution in [1.29, 1.82) is 0 Å². The molecule has 3 heterocycles. The van der Waals surface area contributed by atoms with E-state index in [9.17, 15) is 14.4 Å². The molecule has 0 amide bonds. The number of nitrogens with one attached hydrogen (secondary N) is 1. The third kappa shape index (κ3) is 4.88. The van der Waals surface area contributed by atoms with Gasteiger partial charge in [-0.1, -0.05) is 19.9 Å². The van der Waals surface area contributed by atoms with Crippen molar-refractivity contribution in [2.24, 2.45) is 5.92 Å². The van der Waals surface area contributed by atoms with Gasteiger partial charge in [-0.3, -0.25) is 18.7 Å². The number of aromatic amines is 1.